The molecule has 0 saturated carbocycles. The quantitative estimate of drug-likeness (QED) is 0.909. The monoisotopic (exact) mass is 288 g/mol. The van der Waals surface area contributed by atoms with Gasteiger partial charge in [0.15, 0.2) is 0 Å². The van der Waals surface area contributed by atoms with E-state index in [1.807, 2.05) is 0 Å². The number of nitrogens with zero attached hydrogens (tertiary/aromatic N) is 1. The number of hydrogen-bond acceptors (Lipinski definition) is 3. The van der Waals surface area contributed by atoms with Crippen molar-refractivity contribution in [3.63, 3.8) is 0 Å². The lowest BCUT2D eigenvalue weighted by Crippen LogP contribution is -2.56. The maximum Gasteiger partial charge on any atom is 0.127 e. The van der Waals surface area contributed by atoms with Gasteiger partial charge in [0.2, 0.25) is 0 Å². The minimum absolute atomic E-state index is 0.0240. The Morgan fingerprint density at radius 3 is 2.57 bits per heavy atom. The molecule has 21 heavy (non-hydrogen) atoms. The molecule has 3 nitrogen and oxygen atoms in total. The molecule has 1 aromatic rings. The van der Waals surface area contributed by atoms with Crippen LogP contribution in [0.5, 0.6) is 5.75 Å². The molecule has 2 N–H and O–H groups in total. The molecule has 2 aliphatic rings. The predicted molar refractivity (Wildman–Crippen MR) is 86.7 cm³/mol. The van der Waals surface area contributed by atoms with Crippen LogP contribution in [0.15, 0.2) is 12.1 Å². The van der Waals surface area contributed by atoms with E-state index < -0.39 is 0 Å². The molecule has 1 aromatic carbocycles. The first-order chi connectivity index (χ1) is 10.1. The summed E-state index contributed by atoms with van der Waals surface area (Å²) in [6.07, 6.45) is 3.57. The summed E-state index contributed by atoms with van der Waals surface area (Å²) in [6.45, 7) is 10.5. The Labute approximate surface area is 128 Å². The SMILES string of the molecule is Cc1ccc(C)c2c1OCCC2(CN)N1CCC(C)CC1. The highest BCUT2D eigenvalue weighted by Crippen LogP contribution is 2.45. The number of aryl methyl sites for hydroxylation is 2. The number of rotatable bonds is 2. The fourth-order valence-electron chi connectivity index (χ4n) is 4.08. The first kappa shape index (κ1) is 14.9. The Morgan fingerprint density at radius 2 is 1.90 bits per heavy atom. The molecule has 0 radical (unpaired) electrons. The van der Waals surface area contributed by atoms with E-state index in [1.165, 1.54) is 29.5 Å². The Morgan fingerprint density at radius 1 is 1.24 bits per heavy atom. The van der Waals surface area contributed by atoms with Crippen molar-refractivity contribution in [2.45, 2.75) is 45.6 Å². The van der Waals surface area contributed by atoms with Crippen molar-refractivity contribution < 1.29 is 4.74 Å². The largest absolute Gasteiger partial charge is 0.493 e. The fraction of sp³-hybridized carbons (Fsp3) is 0.667. The summed E-state index contributed by atoms with van der Waals surface area (Å²) in [5, 5.41) is 0. The highest BCUT2D eigenvalue weighted by atomic mass is 16.5. The number of hydrogen-bond donors (Lipinski definition) is 1. The Balaban J connectivity index is 2.07. The van der Waals surface area contributed by atoms with Crippen LogP contribution in [0.4, 0.5) is 0 Å². The van der Waals surface area contributed by atoms with Gasteiger partial charge in [-0.1, -0.05) is 19.1 Å². The number of benzene rings is 1. The van der Waals surface area contributed by atoms with Gasteiger partial charge in [0.1, 0.15) is 5.75 Å². The van der Waals surface area contributed by atoms with Crippen LogP contribution >= 0.6 is 0 Å². The molecule has 3 rings (SSSR count). The van der Waals surface area contributed by atoms with Gasteiger partial charge in [0.05, 0.1) is 12.1 Å². The van der Waals surface area contributed by atoms with Gasteiger partial charge in [-0.25, -0.2) is 0 Å². The van der Waals surface area contributed by atoms with E-state index >= 15 is 0 Å². The van der Waals surface area contributed by atoms with E-state index in [4.69, 9.17) is 10.5 Å². The summed E-state index contributed by atoms with van der Waals surface area (Å²) in [7, 11) is 0. The van der Waals surface area contributed by atoms with Crippen LogP contribution in [0.1, 0.15) is 42.9 Å². The topological polar surface area (TPSA) is 38.5 Å². The molecule has 0 amide bonds. The lowest BCUT2D eigenvalue weighted by atomic mass is 9.78. The van der Waals surface area contributed by atoms with E-state index in [2.05, 4.69) is 37.8 Å². The molecule has 2 heterocycles. The summed E-state index contributed by atoms with van der Waals surface area (Å²) >= 11 is 0. The van der Waals surface area contributed by atoms with Crippen LogP contribution in [0.25, 0.3) is 0 Å². The third-order valence-electron chi connectivity index (χ3n) is 5.52. The summed E-state index contributed by atoms with van der Waals surface area (Å²) in [4.78, 5) is 2.64. The van der Waals surface area contributed by atoms with Gasteiger partial charge in [-0.3, -0.25) is 4.90 Å². The van der Waals surface area contributed by atoms with Crippen molar-refractivity contribution in [3.8, 4) is 5.75 Å². The van der Waals surface area contributed by atoms with Gasteiger partial charge in [-0.2, -0.15) is 0 Å². The number of ether oxygens (including phenoxy) is 1. The van der Waals surface area contributed by atoms with Crippen molar-refractivity contribution >= 4 is 0 Å². The molecule has 1 saturated heterocycles. The highest BCUT2D eigenvalue weighted by Gasteiger charge is 2.44. The number of piperidine rings is 1. The van der Waals surface area contributed by atoms with E-state index in [-0.39, 0.29) is 5.54 Å². The van der Waals surface area contributed by atoms with Gasteiger partial charge in [0.25, 0.3) is 0 Å². The van der Waals surface area contributed by atoms with Gasteiger partial charge in [0, 0.05) is 18.5 Å². The fourth-order valence-corrected chi connectivity index (χ4v) is 4.08. The third kappa shape index (κ3) is 2.36. The molecule has 1 atom stereocenters. The van der Waals surface area contributed by atoms with Crippen LogP contribution in [0.3, 0.4) is 0 Å². The molecule has 0 aromatic heterocycles. The third-order valence-corrected chi connectivity index (χ3v) is 5.52. The summed E-state index contributed by atoms with van der Waals surface area (Å²) < 4.78 is 6.02. The molecule has 0 spiro atoms. The minimum Gasteiger partial charge on any atom is -0.493 e. The average Bonchev–Trinajstić information content (AvgIpc) is 2.51. The second-order valence-corrected chi connectivity index (χ2v) is 6.91. The maximum absolute atomic E-state index is 6.34. The van der Waals surface area contributed by atoms with Crippen molar-refractivity contribution in [1.29, 1.82) is 0 Å². The summed E-state index contributed by atoms with van der Waals surface area (Å²) in [6, 6.07) is 4.39. The molecule has 3 heteroatoms. The van der Waals surface area contributed by atoms with Crippen LogP contribution in [-0.4, -0.2) is 31.1 Å². The first-order valence-electron chi connectivity index (χ1n) is 8.27. The van der Waals surface area contributed by atoms with Gasteiger partial charge in [-0.15, -0.1) is 0 Å². The zero-order valence-corrected chi connectivity index (χ0v) is 13.6. The van der Waals surface area contributed by atoms with Crippen molar-refractivity contribution in [1.82, 2.24) is 4.90 Å². The minimum atomic E-state index is -0.0240. The average molecular weight is 288 g/mol. The van der Waals surface area contributed by atoms with Crippen LogP contribution in [0.2, 0.25) is 0 Å². The van der Waals surface area contributed by atoms with Crippen LogP contribution in [-0.2, 0) is 5.54 Å². The molecule has 1 fully saturated rings. The lowest BCUT2D eigenvalue weighted by molar-refractivity contribution is 0.0220. The van der Waals surface area contributed by atoms with E-state index in [0.717, 1.165) is 37.8 Å². The summed E-state index contributed by atoms with van der Waals surface area (Å²) in [5.41, 5.74) is 10.2. The Kier molecular flexibility index (Phi) is 3.98. The zero-order valence-electron chi connectivity index (χ0n) is 13.6. The molecule has 2 aliphatic heterocycles. The zero-order chi connectivity index (χ0) is 15.0. The van der Waals surface area contributed by atoms with E-state index in [0.29, 0.717) is 6.54 Å². The lowest BCUT2D eigenvalue weighted by Gasteiger charge is -2.49. The van der Waals surface area contributed by atoms with Crippen molar-refractivity contribution in [2.75, 3.05) is 26.2 Å². The molecule has 1 unspecified atom stereocenters. The van der Waals surface area contributed by atoms with Gasteiger partial charge in [-0.05, 0) is 56.8 Å². The number of likely N-dealkylation sites (tertiary alicyclic amines) is 1. The van der Waals surface area contributed by atoms with Crippen LogP contribution in [0, 0.1) is 19.8 Å². The molecule has 0 aliphatic carbocycles. The first-order valence-corrected chi connectivity index (χ1v) is 8.27. The predicted octanol–water partition coefficient (Wildman–Crippen LogP) is 2.97. The van der Waals surface area contributed by atoms with E-state index in [9.17, 15) is 0 Å². The van der Waals surface area contributed by atoms with Gasteiger partial charge >= 0.3 is 0 Å². The number of nitrogens with two attached hydrogens (primary N) is 1. The normalized spacial score (nSPS) is 27.2. The summed E-state index contributed by atoms with van der Waals surface area (Å²) in [5.74, 6) is 1.93. The van der Waals surface area contributed by atoms with E-state index in [1.54, 1.807) is 0 Å². The second-order valence-electron chi connectivity index (χ2n) is 6.91. The Hall–Kier alpha value is -1.06. The standard InChI is InChI=1S/C18H28N2O/c1-13-6-9-20(10-7-13)18(12-19)8-11-21-17-15(3)5-4-14(2)16(17)18/h4-5,13H,6-12,19H2,1-3H3. The molecule has 0 bridgehead atoms. The smallest absolute Gasteiger partial charge is 0.127 e. The second kappa shape index (κ2) is 5.62. The maximum atomic E-state index is 6.34. The van der Waals surface area contributed by atoms with Crippen molar-refractivity contribution in [3.05, 3.63) is 28.8 Å². The molecular formula is C18H28N2O. The van der Waals surface area contributed by atoms with Crippen LogP contribution < -0.4 is 10.5 Å². The number of fused-ring (bicyclic) bond motifs is 1. The van der Waals surface area contributed by atoms with Gasteiger partial charge < -0.3 is 10.5 Å². The van der Waals surface area contributed by atoms with Crippen molar-refractivity contribution in [2.24, 2.45) is 11.7 Å². The highest BCUT2D eigenvalue weighted by molar-refractivity contribution is 5.51. The molecule has 116 valence electrons. The Bertz CT molecular complexity index is 520. The molecular weight excluding hydrogens is 260 g/mol.